The molecule has 2 saturated heterocycles. The molecule has 3 fully saturated rings. The molecule has 4 heterocycles. The molecule has 1 atom stereocenters. The second-order valence-electron chi connectivity index (χ2n) is 10.4. The number of piperidine rings is 1. The number of amides is 2. The van der Waals surface area contributed by atoms with Crippen molar-refractivity contribution in [2.75, 3.05) is 29.9 Å². The van der Waals surface area contributed by atoms with Crippen molar-refractivity contribution in [1.29, 1.82) is 0 Å². The minimum atomic E-state index is -4.51. The van der Waals surface area contributed by atoms with Crippen molar-refractivity contribution in [3.05, 3.63) is 36.0 Å². The molecule has 1 saturated carbocycles. The Morgan fingerprint density at radius 2 is 1.95 bits per heavy atom. The summed E-state index contributed by atoms with van der Waals surface area (Å²) in [5.74, 6) is 0.964. The van der Waals surface area contributed by atoms with E-state index in [4.69, 9.17) is 4.98 Å². The lowest BCUT2D eigenvalue weighted by molar-refractivity contribution is -0.137. The molecule has 39 heavy (non-hydrogen) atoms. The number of nitrogens with one attached hydrogen (secondary N) is 3. The summed E-state index contributed by atoms with van der Waals surface area (Å²) in [6, 6.07) is 4.66. The van der Waals surface area contributed by atoms with Crippen LogP contribution in [0.25, 0.3) is 16.7 Å². The topological polar surface area (TPSA) is 137 Å². The first-order chi connectivity index (χ1) is 18.6. The maximum absolute atomic E-state index is 13.4. The SMILES string of the molecule is O=C(O)NC1(C2CCN(c3nc(N[C@@H]4CNC(=O)C4)nc4c3cnn4-c3cccc(C(F)(F)F)c3)CC2)CC1. The molecular weight excluding hydrogens is 517 g/mol. The van der Waals surface area contributed by atoms with Gasteiger partial charge in [0.15, 0.2) is 5.65 Å². The van der Waals surface area contributed by atoms with E-state index in [1.807, 2.05) is 0 Å². The van der Waals surface area contributed by atoms with Crippen molar-refractivity contribution in [3.8, 4) is 5.69 Å². The highest BCUT2D eigenvalue weighted by atomic mass is 19.4. The van der Waals surface area contributed by atoms with Crippen molar-refractivity contribution in [2.45, 2.75) is 49.9 Å². The smallest absolute Gasteiger partial charge is 0.416 e. The van der Waals surface area contributed by atoms with E-state index in [1.54, 1.807) is 6.20 Å². The number of aromatic nitrogens is 4. The van der Waals surface area contributed by atoms with Gasteiger partial charge in [0.2, 0.25) is 11.9 Å². The van der Waals surface area contributed by atoms with Crippen LogP contribution < -0.4 is 20.9 Å². The van der Waals surface area contributed by atoms with E-state index in [9.17, 15) is 27.9 Å². The van der Waals surface area contributed by atoms with Crippen LogP contribution in [0.15, 0.2) is 30.5 Å². The number of nitrogens with zero attached hydrogens (tertiary/aromatic N) is 5. The van der Waals surface area contributed by atoms with Crippen molar-refractivity contribution in [2.24, 2.45) is 5.92 Å². The van der Waals surface area contributed by atoms with E-state index < -0.39 is 17.8 Å². The Morgan fingerprint density at radius 3 is 2.59 bits per heavy atom. The van der Waals surface area contributed by atoms with Gasteiger partial charge in [-0.3, -0.25) is 4.79 Å². The summed E-state index contributed by atoms with van der Waals surface area (Å²) < 4.78 is 41.6. The Hall–Kier alpha value is -4.10. The van der Waals surface area contributed by atoms with Gasteiger partial charge in [0.25, 0.3) is 0 Å². The highest BCUT2D eigenvalue weighted by molar-refractivity contribution is 5.89. The molecule has 3 aliphatic rings. The van der Waals surface area contributed by atoms with Gasteiger partial charge in [-0.25, -0.2) is 9.48 Å². The third-order valence-corrected chi connectivity index (χ3v) is 7.86. The highest BCUT2D eigenvalue weighted by Gasteiger charge is 2.51. The van der Waals surface area contributed by atoms with E-state index in [0.29, 0.717) is 36.5 Å². The van der Waals surface area contributed by atoms with Crippen LogP contribution in [0.3, 0.4) is 0 Å². The Balaban J connectivity index is 1.34. The van der Waals surface area contributed by atoms with E-state index in [1.165, 1.54) is 16.8 Å². The molecule has 2 aromatic heterocycles. The number of halogens is 3. The van der Waals surface area contributed by atoms with E-state index in [-0.39, 0.29) is 41.5 Å². The molecule has 0 spiro atoms. The zero-order valence-corrected chi connectivity index (χ0v) is 20.8. The fraction of sp³-hybridized carbons (Fsp3) is 0.480. The summed E-state index contributed by atoms with van der Waals surface area (Å²) >= 11 is 0. The van der Waals surface area contributed by atoms with Gasteiger partial charge < -0.3 is 26.0 Å². The molecule has 206 valence electrons. The van der Waals surface area contributed by atoms with Crippen LogP contribution in [-0.2, 0) is 11.0 Å². The first kappa shape index (κ1) is 25.2. The molecule has 1 aromatic carbocycles. The molecule has 6 rings (SSSR count). The number of carbonyl (C=O) groups excluding carboxylic acids is 1. The van der Waals surface area contributed by atoms with Gasteiger partial charge in [0, 0.05) is 31.6 Å². The van der Waals surface area contributed by atoms with Crippen molar-refractivity contribution < 1.29 is 27.9 Å². The number of rotatable bonds is 6. The molecule has 4 N–H and O–H groups in total. The summed E-state index contributed by atoms with van der Waals surface area (Å²) in [5, 5.41) is 22.9. The number of hydrogen-bond acceptors (Lipinski definition) is 7. The van der Waals surface area contributed by atoms with Gasteiger partial charge in [0.05, 0.1) is 28.9 Å². The lowest BCUT2D eigenvalue weighted by Crippen LogP contribution is -2.47. The fourth-order valence-electron chi connectivity index (χ4n) is 5.72. The predicted molar refractivity (Wildman–Crippen MR) is 135 cm³/mol. The molecule has 2 aliphatic heterocycles. The lowest BCUT2D eigenvalue weighted by atomic mass is 9.87. The number of hydrogen-bond donors (Lipinski definition) is 4. The minimum absolute atomic E-state index is 0.0890. The van der Waals surface area contributed by atoms with Gasteiger partial charge in [-0.2, -0.15) is 28.2 Å². The van der Waals surface area contributed by atoms with Crippen LogP contribution in [0.2, 0.25) is 0 Å². The largest absolute Gasteiger partial charge is 0.465 e. The molecule has 11 nitrogen and oxygen atoms in total. The number of carboxylic acid groups (broad SMARTS) is 1. The van der Waals surface area contributed by atoms with Crippen LogP contribution in [0.4, 0.5) is 29.7 Å². The molecule has 0 unspecified atom stereocenters. The average Bonchev–Trinajstić information content (AvgIpc) is 3.35. The number of carbonyl (C=O) groups is 2. The average molecular weight is 545 g/mol. The third-order valence-electron chi connectivity index (χ3n) is 7.86. The summed E-state index contributed by atoms with van der Waals surface area (Å²) in [6.07, 6.45) is -0.531. The van der Waals surface area contributed by atoms with E-state index in [2.05, 4.69) is 30.9 Å². The van der Waals surface area contributed by atoms with E-state index in [0.717, 1.165) is 37.8 Å². The Labute approximate surface area is 220 Å². The zero-order valence-electron chi connectivity index (χ0n) is 20.8. The van der Waals surface area contributed by atoms with Gasteiger partial charge in [-0.1, -0.05) is 6.07 Å². The molecule has 14 heteroatoms. The Morgan fingerprint density at radius 1 is 1.18 bits per heavy atom. The third kappa shape index (κ3) is 4.90. The summed E-state index contributed by atoms with van der Waals surface area (Å²) in [4.78, 5) is 34.4. The molecule has 0 radical (unpaired) electrons. The Bertz CT molecular complexity index is 1430. The molecule has 0 bridgehead atoms. The summed E-state index contributed by atoms with van der Waals surface area (Å²) in [5.41, 5.74) is -0.602. The van der Waals surface area contributed by atoms with Gasteiger partial charge in [-0.05, 0) is 49.8 Å². The molecule has 2 amide bonds. The maximum atomic E-state index is 13.4. The van der Waals surface area contributed by atoms with Gasteiger partial charge in [0.1, 0.15) is 5.82 Å². The number of benzene rings is 1. The monoisotopic (exact) mass is 544 g/mol. The number of alkyl halides is 3. The second-order valence-corrected chi connectivity index (χ2v) is 10.4. The van der Waals surface area contributed by atoms with Crippen LogP contribution >= 0.6 is 0 Å². The minimum Gasteiger partial charge on any atom is -0.465 e. The van der Waals surface area contributed by atoms with Crippen LogP contribution in [-0.4, -0.2) is 68.1 Å². The normalized spacial score (nSPS) is 21.2. The first-order valence-corrected chi connectivity index (χ1v) is 12.8. The maximum Gasteiger partial charge on any atom is 0.416 e. The summed E-state index contributed by atoms with van der Waals surface area (Å²) in [6.45, 7) is 1.65. The fourth-order valence-corrected chi connectivity index (χ4v) is 5.72. The highest BCUT2D eigenvalue weighted by Crippen LogP contribution is 2.47. The number of anilines is 2. The van der Waals surface area contributed by atoms with Gasteiger partial charge in [-0.15, -0.1) is 0 Å². The lowest BCUT2D eigenvalue weighted by Gasteiger charge is -2.37. The van der Waals surface area contributed by atoms with Crippen molar-refractivity contribution in [1.82, 2.24) is 30.4 Å². The standard InChI is InChI=1S/C25H27F3N8O3/c26-25(27,28)15-2-1-3-17(10-15)36-21-18(13-30-36)20(32-22(33-21)31-16-11-19(37)29-12-16)35-8-4-14(5-9-35)24(6-7-24)34-23(38)39/h1-3,10,13-14,16,34H,4-9,11-12H2,(H,29,37)(H,38,39)(H,31,32,33)/t16-/m0/s1. The van der Waals surface area contributed by atoms with Crippen molar-refractivity contribution in [3.63, 3.8) is 0 Å². The number of fused-ring (bicyclic) bond motifs is 1. The molecule has 1 aliphatic carbocycles. The van der Waals surface area contributed by atoms with Gasteiger partial charge >= 0.3 is 12.3 Å². The molecular formula is C25H27F3N8O3. The molecule has 3 aromatic rings. The first-order valence-electron chi connectivity index (χ1n) is 12.8. The zero-order chi connectivity index (χ0) is 27.4. The van der Waals surface area contributed by atoms with E-state index >= 15 is 0 Å². The second kappa shape index (κ2) is 9.27. The summed E-state index contributed by atoms with van der Waals surface area (Å²) in [7, 11) is 0. The van der Waals surface area contributed by atoms with Crippen molar-refractivity contribution >= 4 is 34.8 Å². The quantitative estimate of drug-likeness (QED) is 0.372. The van der Waals surface area contributed by atoms with Crippen LogP contribution in [0.1, 0.15) is 37.7 Å². The predicted octanol–water partition coefficient (Wildman–Crippen LogP) is 3.15. The Kier molecular flexibility index (Phi) is 5.99. The van der Waals surface area contributed by atoms with Crippen LogP contribution in [0.5, 0.6) is 0 Å². The van der Waals surface area contributed by atoms with Crippen LogP contribution in [0, 0.1) is 5.92 Å².